The van der Waals surface area contributed by atoms with Crippen LogP contribution in [0.3, 0.4) is 0 Å². The highest BCUT2D eigenvalue weighted by molar-refractivity contribution is 6.00. The molecule has 2 aromatic carbocycles. The van der Waals surface area contributed by atoms with E-state index in [1.54, 1.807) is 12.1 Å². The van der Waals surface area contributed by atoms with Gasteiger partial charge in [-0.15, -0.1) is 0 Å². The van der Waals surface area contributed by atoms with Gasteiger partial charge in [-0.2, -0.15) is 0 Å². The van der Waals surface area contributed by atoms with Crippen LogP contribution in [0.25, 0.3) is 10.8 Å². The molecule has 0 aromatic heterocycles. The predicted molar refractivity (Wildman–Crippen MR) is 83.8 cm³/mol. The zero-order valence-electron chi connectivity index (χ0n) is 13.0. The van der Waals surface area contributed by atoms with Crippen LogP contribution in [0, 0.1) is 0 Å². The first-order valence-electron chi connectivity index (χ1n) is 7.31. The Morgan fingerprint density at radius 3 is 2.54 bits per heavy atom. The Morgan fingerprint density at radius 2 is 1.92 bits per heavy atom. The van der Waals surface area contributed by atoms with Gasteiger partial charge in [0.15, 0.2) is 6.61 Å². The third kappa shape index (κ3) is 3.01. The summed E-state index contributed by atoms with van der Waals surface area (Å²) in [6.07, 6.45) is -0.723. The molecule has 2 aromatic rings. The van der Waals surface area contributed by atoms with Crippen molar-refractivity contribution in [1.82, 2.24) is 4.90 Å². The fourth-order valence-electron chi connectivity index (χ4n) is 2.45. The predicted octanol–water partition coefficient (Wildman–Crippen LogP) is 1.98. The van der Waals surface area contributed by atoms with Crippen LogP contribution in [0.4, 0.5) is 4.79 Å². The number of imide groups is 1. The minimum absolute atomic E-state index is 0.150. The van der Waals surface area contributed by atoms with Gasteiger partial charge in [0.05, 0.1) is 13.7 Å². The third-order valence-electron chi connectivity index (χ3n) is 3.68. The number of ether oxygens (including phenoxy) is 3. The Balaban J connectivity index is 1.75. The largest absolute Gasteiger partial charge is 0.496 e. The first-order chi connectivity index (χ1) is 11.6. The first-order valence-corrected chi connectivity index (χ1v) is 7.31. The lowest BCUT2D eigenvalue weighted by atomic mass is 10.1. The first kappa shape index (κ1) is 15.8. The minimum Gasteiger partial charge on any atom is -0.496 e. The molecule has 2 amide bonds. The number of cyclic esters (lactones) is 1. The Morgan fingerprint density at radius 1 is 1.21 bits per heavy atom. The van der Waals surface area contributed by atoms with Crippen LogP contribution in [0.5, 0.6) is 5.75 Å². The molecule has 0 N–H and O–H groups in total. The molecule has 0 atom stereocenters. The van der Waals surface area contributed by atoms with Crippen molar-refractivity contribution >= 4 is 28.7 Å². The standard InChI is InChI=1S/C17H15NO6/c1-22-14-9-12-5-3-2-4-11(12)8-13(14)16(20)24-10-15(19)18-6-7-23-17(18)21/h2-5,8-9H,6-7,10H2,1H3. The SMILES string of the molecule is COc1cc2ccccc2cc1C(=O)OCC(=O)N1CCOC1=O. The molecule has 24 heavy (non-hydrogen) atoms. The zero-order valence-corrected chi connectivity index (χ0v) is 13.0. The van der Waals surface area contributed by atoms with Gasteiger partial charge in [-0.3, -0.25) is 4.79 Å². The van der Waals surface area contributed by atoms with E-state index in [4.69, 9.17) is 9.47 Å². The van der Waals surface area contributed by atoms with Crippen molar-refractivity contribution in [2.75, 3.05) is 26.9 Å². The normalized spacial score (nSPS) is 13.7. The van der Waals surface area contributed by atoms with Crippen LogP contribution in [0.1, 0.15) is 10.4 Å². The Hall–Kier alpha value is -3.09. The summed E-state index contributed by atoms with van der Waals surface area (Å²) in [6, 6.07) is 10.9. The molecule has 1 saturated heterocycles. The Labute approximate surface area is 137 Å². The molecule has 0 aliphatic carbocycles. The van der Waals surface area contributed by atoms with Crippen molar-refractivity contribution in [3.8, 4) is 5.75 Å². The Kier molecular flexibility index (Phi) is 4.33. The summed E-state index contributed by atoms with van der Waals surface area (Å²) in [4.78, 5) is 36.4. The maximum Gasteiger partial charge on any atom is 0.416 e. The van der Waals surface area contributed by atoms with E-state index in [0.717, 1.165) is 15.7 Å². The van der Waals surface area contributed by atoms with Crippen molar-refractivity contribution in [3.63, 3.8) is 0 Å². The maximum atomic E-state index is 12.3. The van der Waals surface area contributed by atoms with Crippen LogP contribution < -0.4 is 4.74 Å². The number of esters is 1. The van der Waals surface area contributed by atoms with Gasteiger partial charge in [-0.05, 0) is 22.9 Å². The van der Waals surface area contributed by atoms with E-state index in [1.165, 1.54) is 7.11 Å². The van der Waals surface area contributed by atoms with Crippen LogP contribution >= 0.6 is 0 Å². The molecule has 7 nitrogen and oxygen atoms in total. The minimum atomic E-state index is -0.723. The molecule has 1 heterocycles. The summed E-state index contributed by atoms with van der Waals surface area (Å²) >= 11 is 0. The lowest BCUT2D eigenvalue weighted by Crippen LogP contribution is -2.35. The second kappa shape index (κ2) is 6.57. The number of rotatable bonds is 4. The Bertz CT molecular complexity index is 816. The van der Waals surface area contributed by atoms with E-state index >= 15 is 0 Å². The molecule has 0 unspecified atom stereocenters. The van der Waals surface area contributed by atoms with Crippen LogP contribution in [-0.2, 0) is 14.3 Å². The van der Waals surface area contributed by atoms with Crippen LogP contribution in [-0.4, -0.2) is 49.7 Å². The van der Waals surface area contributed by atoms with Gasteiger partial charge >= 0.3 is 12.1 Å². The van der Waals surface area contributed by atoms with Gasteiger partial charge in [-0.25, -0.2) is 14.5 Å². The summed E-state index contributed by atoms with van der Waals surface area (Å²) in [5.41, 5.74) is 0.216. The number of methoxy groups -OCH3 is 1. The summed E-state index contributed by atoms with van der Waals surface area (Å²) < 4.78 is 14.9. The highest BCUT2D eigenvalue weighted by Gasteiger charge is 2.29. The monoisotopic (exact) mass is 329 g/mol. The highest BCUT2D eigenvalue weighted by Crippen LogP contribution is 2.26. The maximum absolute atomic E-state index is 12.3. The summed E-state index contributed by atoms with van der Waals surface area (Å²) in [5.74, 6) is -0.962. The van der Waals surface area contributed by atoms with Gasteiger partial charge in [-0.1, -0.05) is 24.3 Å². The second-order valence-electron chi connectivity index (χ2n) is 5.14. The van der Waals surface area contributed by atoms with E-state index in [-0.39, 0.29) is 18.7 Å². The van der Waals surface area contributed by atoms with Crippen LogP contribution in [0.15, 0.2) is 36.4 Å². The quantitative estimate of drug-likeness (QED) is 0.798. The van der Waals surface area contributed by atoms with E-state index in [1.807, 2.05) is 24.3 Å². The molecular weight excluding hydrogens is 314 g/mol. The number of carbonyl (C=O) groups excluding carboxylic acids is 3. The van der Waals surface area contributed by atoms with E-state index in [9.17, 15) is 14.4 Å². The van der Waals surface area contributed by atoms with Gasteiger partial charge in [0, 0.05) is 0 Å². The molecule has 1 fully saturated rings. The van der Waals surface area contributed by atoms with E-state index < -0.39 is 24.6 Å². The molecule has 0 radical (unpaired) electrons. The third-order valence-corrected chi connectivity index (χ3v) is 3.68. The lowest BCUT2D eigenvalue weighted by molar-refractivity contribution is -0.131. The fraction of sp³-hybridized carbons (Fsp3) is 0.235. The fourth-order valence-corrected chi connectivity index (χ4v) is 2.45. The smallest absolute Gasteiger partial charge is 0.416 e. The number of nitrogens with zero attached hydrogens (tertiary/aromatic N) is 1. The summed E-state index contributed by atoms with van der Waals surface area (Å²) in [6.45, 7) is -0.227. The number of benzene rings is 2. The van der Waals surface area contributed by atoms with Crippen molar-refractivity contribution in [2.24, 2.45) is 0 Å². The average molecular weight is 329 g/mol. The van der Waals surface area contributed by atoms with E-state index in [2.05, 4.69) is 4.74 Å². The van der Waals surface area contributed by atoms with Gasteiger partial charge in [0.2, 0.25) is 0 Å². The molecule has 7 heteroatoms. The number of carbonyl (C=O) groups is 3. The number of fused-ring (bicyclic) bond motifs is 1. The molecule has 1 aliphatic rings. The number of hydrogen-bond donors (Lipinski definition) is 0. The van der Waals surface area contributed by atoms with Crippen molar-refractivity contribution < 1.29 is 28.6 Å². The molecule has 0 bridgehead atoms. The molecule has 1 aliphatic heterocycles. The molecular formula is C17H15NO6. The molecule has 124 valence electrons. The molecule has 3 rings (SSSR count). The molecule has 0 saturated carbocycles. The average Bonchev–Trinajstić information content (AvgIpc) is 3.04. The summed E-state index contributed by atoms with van der Waals surface area (Å²) in [7, 11) is 1.45. The second-order valence-corrected chi connectivity index (χ2v) is 5.14. The highest BCUT2D eigenvalue weighted by atomic mass is 16.6. The van der Waals surface area contributed by atoms with Gasteiger partial charge < -0.3 is 14.2 Å². The number of amides is 2. The lowest BCUT2D eigenvalue weighted by Gasteiger charge is -2.12. The van der Waals surface area contributed by atoms with Crippen LogP contribution in [0.2, 0.25) is 0 Å². The summed E-state index contributed by atoms with van der Waals surface area (Å²) in [5, 5.41) is 1.77. The van der Waals surface area contributed by atoms with Gasteiger partial charge in [0.25, 0.3) is 5.91 Å². The van der Waals surface area contributed by atoms with Crippen molar-refractivity contribution in [3.05, 3.63) is 42.0 Å². The topological polar surface area (TPSA) is 82.1 Å². The van der Waals surface area contributed by atoms with Crippen molar-refractivity contribution in [2.45, 2.75) is 0 Å². The number of hydrogen-bond acceptors (Lipinski definition) is 6. The van der Waals surface area contributed by atoms with Crippen molar-refractivity contribution in [1.29, 1.82) is 0 Å². The van der Waals surface area contributed by atoms with E-state index in [0.29, 0.717) is 5.75 Å². The van der Waals surface area contributed by atoms with Gasteiger partial charge in [0.1, 0.15) is 17.9 Å². The molecule has 0 spiro atoms. The zero-order chi connectivity index (χ0) is 17.1.